The van der Waals surface area contributed by atoms with Crippen molar-refractivity contribution < 1.29 is 19.3 Å². The monoisotopic (exact) mass is 496 g/mol. The molecule has 0 fully saturated rings. The quantitative estimate of drug-likeness (QED) is 0.258. The number of aliphatic hydroxyl groups excluding tert-OH is 1. The summed E-state index contributed by atoms with van der Waals surface area (Å²) in [4.78, 5) is 2.10. The van der Waals surface area contributed by atoms with Crippen LogP contribution in [-0.4, -0.2) is 62.8 Å². The molecule has 0 aliphatic heterocycles. The Kier molecular flexibility index (Phi) is 19.5. The van der Waals surface area contributed by atoms with Crippen molar-refractivity contribution in [1.29, 1.82) is 0 Å². The fourth-order valence-corrected chi connectivity index (χ4v) is 3.76. The van der Waals surface area contributed by atoms with Crippen LogP contribution in [0.4, 0.5) is 0 Å². The Hall–Kier alpha value is -0.760. The van der Waals surface area contributed by atoms with Gasteiger partial charge in [-0.1, -0.05) is 33.8 Å². The molecule has 0 bridgehead atoms. The second kappa shape index (κ2) is 18.6. The predicted molar refractivity (Wildman–Crippen MR) is 138 cm³/mol. The molecule has 0 saturated carbocycles. The highest BCUT2D eigenvalue weighted by Gasteiger charge is 2.23. The lowest BCUT2D eigenvalue weighted by Gasteiger charge is -2.31. The maximum Gasteiger partial charge on any atom is 0.161 e. The van der Waals surface area contributed by atoms with E-state index in [1.807, 2.05) is 6.07 Å². The molecule has 1 rings (SSSR count). The van der Waals surface area contributed by atoms with Crippen molar-refractivity contribution in [3.63, 3.8) is 0 Å². The summed E-state index contributed by atoms with van der Waals surface area (Å²) in [6.07, 6.45) is 2.59. The van der Waals surface area contributed by atoms with E-state index in [-0.39, 0.29) is 31.0 Å². The summed E-state index contributed by atoms with van der Waals surface area (Å²) in [7, 11) is 3.35. The number of ether oxygens (including phenoxy) is 3. The highest BCUT2D eigenvalue weighted by molar-refractivity contribution is 5.85. The molecule has 32 heavy (non-hydrogen) atoms. The first kappa shape index (κ1) is 33.4. The van der Waals surface area contributed by atoms with Crippen molar-refractivity contribution in [1.82, 2.24) is 4.90 Å². The molecule has 3 atom stereocenters. The minimum atomic E-state index is -0.512. The number of rotatable bonds is 16. The molecule has 190 valence electrons. The third kappa shape index (κ3) is 11.4. The van der Waals surface area contributed by atoms with Gasteiger partial charge in [0, 0.05) is 20.1 Å². The van der Waals surface area contributed by atoms with Crippen LogP contribution in [0.3, 0.4) is 0 Å². The van der Waals surface area contributed by atoms with Crippen LogP contribution in [0.1, 0.15) is 52.5 Å². The van der Waals surface area contributed by atoms with Crippen molar-refractivity contribution in [2.45, 2.75) is 65.6 Å². The van der Waals surface area contributed by atoms with Gasteiger partial charge in [0.15, 0.2) is 11.5 Å². The van der Waals surface area contributed by atoms with E-state index in [2.05, 4.69) is 44.7 Å². The van der Waals surface area contributed by atoms with Crippen LogP contribution in [-0.2, 0) is 11.2 Å². The van der Waals surface area contributed by atoms with Gasteiger partial charge in [0.2, 0.25) is 0 Å². The standard InChI is InChI=1S/C24H44N2O4.2ClH/c1-7-26(8-2)24(25)21(27)12-11-20(18(3)4)16-19-10-13-22(29-6)23(17-19)30-15-9-14-28-5;;/h10,13,17-18,20-21,24,27H,7-9,11-12,14-16,25H2,1-6H3;2*1H/t20-,21-,24-;;/m0../s1. The zero-order valence-electron chi connectivity index (χ0n) is 20.7. The molecule has 3 N–H and O–H groups in total. The van der Waals surface area contributed by atoms with E-state index in [0.717, 1.165) is 43.9 Å². The third-order valence-electron chi connectivity index (χ3n) is 5.88. The van der Waals surface area contributed by atoms with E-state index in [4.69, 9.17) is 19.9 Å². The van der Waals surface area contributed by atoms with Gasteiger partial charge in [-0.25, -0.2) is 0 Å². The van der Waals surface area contributed by atoms with Gasteiger partial charge in [-0.15, -0.1) is 24.8 Å². The fourth-order valence-electron chi connectivity index (χ4n) is 3.76. The van der Waals surface area contributed by atoms with Crippen LogP contribution >= 0.6 is 24.8 Å². The highest BCUT2D eigenvalue weighted by atomic mass is 35.5. The Bertz CT molecular complexity index is 589. The van der Waals surface area contributed by atoms with Gasteiger partial charge >= 0.3 is 0 Å². The highest BCUT2D eigenvalue weighted by Crippen LogP contribution is 2.31. The number of methoxy groups -OCH3 is 2. The van der Waals surface area contributed by atoms with Crippen LogP contribution in [0.2, 0.25) is 0 Å². The number of hydrogen-bond acceptors (Lipinski definition) is 6. The maximum absolute atomic E-state index is 10.6. The molecule has 6 nitrogen and oxygen atoms in total. The van der Waals surface area contributed by atoms with Gasteiger partial charge < -0.3 is 25.1 Å². The van der Waals surface area contributed by atoms with Crippen LogP contribution in [0.5, 0.6) is 11.5 Å². The van der Waals surface area contributed by atoms with Crippen LogP contribution in [0.25, 0.3) is 0 Å². The Morgan fingerprint density at radius 1 is 1.00 bits per heavy atom. The number of nitrogens with zero attached hydrogens (tertiary/aromatic N) is 1. The maximum atomic E-state index is 10.6. The Labute approximate surface area is 208 Å². The molecule has 0 spiro atoms. The summed E-state index contributed by atoms with van der Waals surface area (Å²) in [6, 6.07) is 6.16. The molecule has 0 amide bonds. The summed E-state index contributed by atoms with van der Waals surface area (Å²) in [5, 5.41) is 10.6. The Morgan fingerprint density at radius 3 is 2.19 bits per heavy atom. The van der Waals surface area contributed by atoms with Crippen molar-refractivity contribution >= 4 is 24.8 Å². The molecule has 0 unspecified atom stereocenters. The largest absolute Gasteiger partial charge is 0.493 e. The third-order valence-corrected chi connectivity index (χ3v) is 5.88. The SMILES string of the molecule is CCN(CC)[C@H](N)[C@@H](O)CC[C@@H](Cc1ccc(OC)c(OCCCOC)c1)C(C)C.Cl.Cl. The summed E-state index contributed by atoms with van der Waals surface area (Å²) in [6.45, 7) is 11.6. The molecule has 0 aromatic heterocycles. The summed E-state index contributed by atoms with van der Waals surface area (Å²) < 4.78 is 16.5. The van der Waals surface area contributed by atoms with E-state index in [1.54, 1.807) is 14.2 Å². The van der Waals surface area contributed by atoms with E-state index in [0.29, 0.717) is 31.5 Å². The molecule has 0 radical (unpaired) electrons. The molecule has 0 aliphatic rings. The molecule has 1 aromatic rings. The molecule has 0 saturated heterocycles. The molecule has 8 heteroatoms. The minimum absolute atomic E-state index is 0. The lowest BCUT2D eigenvalue weighted by atomic mass is 9.84. The lowest BCUT2D eigenvalue weighted by Crippen LogP contribution is -2.50. The lowest BCUT2D eigenvalue weighted by molar-refractivity contribution is 0.0456. The average molecular weight is 498 g/mol. The average Bonchev–Trinajstić information content (AvgIpc) is 2.74. The van der Waals surface area contributed by atoms with Crippen LogP contribution < -0.4 is 15.2 Å². The first-order valence-electron chi connectivity index (χ1n) is 11.3. The van der Waals surface area contributed by atoms with Crippen LogP contribution in [0.15, 0.2) is 18.2 Å². The molecular weight excluding hydrogens is 451 g/mol. The number of aliphatic hydroxyl groups is 1. The number of benzene rings is 1. The van der Waals surface area contributed by atoms with Gasteiger partial charge in [-0.2, -0.15) is 0 Å². The van der Waals surface area contributed by atoms with Gasteiger partial charge in [-0.3, -0.25) is 4.90 Å². The molecule has 1 aromatic carbocycles. The second-order valence-corrected chi connectivity index (χ2v) is 8.24. The van der Waals surface area contributed by atoms with E-state index < -0.39 is 6.10 Å². The number of likely N-dealkylation sites (N-methyl/N-ethyl adjacent to an activating group) is 1. The summed E-state index contributed by atoms with van der Waals surface area (Å²) in [5.74, 6) is 2.49. The smallest absolute Gasteiger partial charge is 0.161 e. The van der Waals surface area contributed by atoms with Gasteiger partial charge in [0.05, 0.1) is 26.0 Å². The van der Waals surface area contributed by atoms with E-state index in [9.17, 15) is 5.11 Å². The first-order chi connectivity index (χ1) is 14.4. The molecular formula is C24H46Cl2N2O4. The van der Waals surface area contributed by atoms with E-state index in [1.165, 1.54) is 5.56 Å². The van der Waals surface area contributed by atoms with Crippen LogP contribution in [0, 0.1) is 11.8 Å². The van der Waals surface area contributed by atoms with Crippen molar-refractivity contribution in [2.75, 3.05) is 40.5 Å². The van der Waals surface area contributed by atoms with Crippen molar-refractivity contribution in [3.8, 4) is 11.5 Å². The van der Waals surface area contributed by atoms with Gasteiger partial charge in [0.25, 0.3) is 0 Å². The number of hydrogen-bond donors (Lipinski definition) is 2. The predicted octanol–water partition coefficient (Wildman–Crippen LogP) is 4.54. The van der Waals surface area contributed by atoms with E-state index >= 15 is 0 Å². The summed E-state index contributed by atoms with van der Waals surface area (Å²) in [5.41, 5.74) is 7.47. The number of halogens is 2. The van der Waals surface area contributed by atoms with Gasteiger partial charge in [-0.05, 0) is 61.9 Å². The zero-order chi connectivity index (χ0) is 22.5. The zero-order valence-corrected chi connectivity index (χ0v) is 22.3. The fraction of sp³-hybridized carbons (Fsp3) is 0.750. The normalized spacial score (nSPS) is 13.8. The van der Waals surface area contributed by atoms with Gasteiger partial charge in [0.1, 0.15) is 0 Å². The second-order valence-electron chi connectivity index (χ2n) is 8.24. The Morgan fingerprint density at radius 2 is 1.66 bits per heavy atom. The van der Waals surface area contributed by atoms with Crippen molar-refractivity contribution in [3.05, 3.63) is 23.8 Å². The Balaban J connectivity index is 0. The summed E-state index contributed by atoms with van der Waals surface area (Å²) >= 11 is 0. The minimum Gasteiger partial charge on any atom is -0.493 e. The van der Waals surface area contributed by atoms with Crippen molar-refractivity contribution in [2.24, 2.45) is 17.6 Å². The topological polar surface area (TPSA) is 77.2 Å². The molecule has 0 aliphatic carbocycles. The molecule has 0 heterocycles. The number of nitrogens with two attached hydrogens (primary N) is 1. The first-order valence-corrected chi connectivity index (χ1v) is 11.3.